The summed E-state index contributed by atoms with van der Waals surface area (Å²) in [6.45, 7) is 0.703. The maximum atomic E-state index is 12.6. The van der Waals surface area contributed by atoms with E-state index in [-0.39, 0.29) is 5.69 Å². The molecule has 1 aromatic heterocycles. The number of amides is 1. The summed E-state index contributed by atoms with van der Waals surface area (Å²) < 4.78 is 26.0. The van der Waals surface area contributed by atoms with E-state index in [9.17, 15) is 13.6 Å². The van der Waals surface area contributed by atoms with Crippen molar-refractivity contribution in [1.82, 2.24) is 9.88 Å². The Bertz CT molecular complexity index is 442. The first-order chi connectivity index (χ1) is 7.39. The van der Waals surface area contributed by atoms with Crippen molar-refractivity contribution in [2.75, 3.05) is 13.1 Å². The van der Waals surface area contributed by atoms with E-state index in [1.54, 1.807) is 13.0 Å². The summed E-state index contributed by atoms with van der Waals surface area (Å²) in [6.07, 6.45) is 1.48. The van der Waals surface area contributed by atoms with Crippen LogP contribution < -0.4 is 0 Å². The third-order valence-corrected chi connectivity index (χ3v) is 2.81. The van der Waals surface area contributed by atoms with E-state index in [1.165, 1.54) is 6.20 Å². The van der Waals surface area contributed by atoms with Crippen molar-refractivity contribution in [3.05, 3.63) is 28.0 Å². The van der Waals surface area contributed by atoms with E-state index in [2.05, 4.69) is 20.9 Å². The molecule has 0 spiro atoms. The number of halogens is 3. The highest BCUT2D eigenvalue weighted by Crippen LogP contribution is 2.28. The molecule has 1 fully saturated rings. The fourth-order valence-electron chi connectivity index (χ4n) is 1.57. The van der Waals surface area contributed by atoms with Gasteiger partial charge in [-0.25, -0.2) is 13.8 Å². The summed E-state index contributed by atoms with van der Waals surface area (Å²) in [4.78, 5) is 16.8. The number of hydrogen-bond acceptors (Lipinski definition) is 2. The zero-order valence-electron chi connectivity index (χ0n) is 8.51. The highest BCUT2D eigenvalue weighted by molar-refractivity contribution is 9.10. The lowest BCUT2D eigenvalue weighted by atomic mass is 10.1. The van der Waals surface area contributed by atoms with Gasteiger partial charge in [0.1, 0.15) is 5.69 Å². The minimum absolute atomic E-state index is 0.235. The van der Waals surface area contributed by atoms with Gasteiger partial charge in [-0.05, 0) is 34.5 Å². The smallest absolute Gasteiger partial charge is 0.282 e. The van der Waals surface area contributed by atoms with Crippen LogP contribution in [0.4, 0.5) is 8.78 Å². The predicted octanol–water partition coefficient (Wildman–Crippen LogP) is 2.24. The topological polar surface area (TPSA) is 33.2 Å². The van der Waals surface area contributed by atoms with Crippen LogP contribution >= 0.6 is 15.9 Å². The SMILES string of the molecule is Cc1cc(Br)cnc1C(=O)N1CC(F)(F)C1. The standard InChI is InChI=1S/C10H9BrF2N2O/c1-6-2-7(11)3-14-8(6)9(16)15-4-10(12,13)5-15/h2-3H,4-5H2,1H3. The lowest BCUT2D eigenvalue weighted by Gasteiger charge is -2.38. The van der Waals surface area contributed by atoms with Crippen LogP contribution in [0.1, 0.15) is 16.1 Å². The van der Waals surface area contributed by atoms with Crippen LogP contribution in [0.3, 0.4) is 0 Å². The fraction of sp³-hybridized carbons (Fsp3) is 0.400. The number of hydrogen-bond donors (Lipinski definition) is 0. The molecule has 0 saturated carbocycles. The van der Waals surface area contributed by atoms with Gasteiger partial charge in [-0.2, -0.15) is 0 Å². The Labute approximate surface area is 99.6 Å². The first kappa shape index (κ1) is 11.4. The van der Waals surface area contributed by atoms with E-state index < -0.39 is 24.9 Å². The molecule has 16 heavy (non-hydrogen) atoms. The first-order valence-corrected chi connectivity index (χ1v) is 5.48. The molecule has 0 radical (unpaired) electrons. The van der Waals surface area contributed by atoms with Gasteiger partial charge in [0.15, 0.2) is 0 Å². The van der Waals surface area contributed by atoms with Crippen molar-refractivity contribution in [3.8, 4) is 0 Å². The Kier molecular flexibility index (Phi) is 2.69. The van der Waals surface area contributed by atoms with Gasteiger partial charge in [0.05, 0.1) is 13.1 Å². The van der Waals surface area contributed by atoms with Crippen LogP contribution in [0.25, 0.3) is 0 Å². The molecule has 1 amide bonds. The van der Waals surface area contributed by atoms with Crippen LogP contribution in [0.2, 0.25) is 0 Å². The van der Waals surface area contributed by atoms with Crippen LogP contribution in [-0.4, -0.2) is 34.8 Å². The average Bonchev–Trinajstić information content (AvgIpc) is 2.13. The third-order valence-electron chi connectivity index (χ3n) is 2.38. The van der Waals surface area contributed by atoms with E-state index in [0.29, 0.717) is 5.56 Å². The third kappa shape index (κ3) is 2.07. The van der Waals surface area contributed by atoms with Gasteiger partial charge in [0.2, 0.25) is 0 Å². The quantitative estimate of drug-likeness (QED) is 0.795. The maximum absolute atomic E-state index is 12.6. The minimum atomic E-state index is -2.74. The van der Waals surface area contributed by atoms with Crippen molar-refractivity contribution >= 4 is 21.8 Å². The second kappa shape index (κ2) is 3.76. The van der Waals surface area contributed by atoms with E-state index in [4.69, 9.17) is 0 Å². The predicted molar refractivity (Wildman–Crippen MR) is 57.5 cm³/mol. The average molecular weight is 291 g/mol. The number of aromatic nitrogens is 1. The lowest BCUT2D eigenvalue weighted by molar-refractivity contribution is -0.113. The Morgan fingerprint density at radius 1 is 1.56 bits per heavy atom. The largest absolute Gasteiger partial charge is 0.325 e. The molecule has 1 aliphatic heterocycles. The molecular weight excluding hydrogens is 282 g/mol. The monoisotopic (exact) mass is 290 g/mol. The van der Waals surface area contributed by atoms with Gasteiger partial charge < -0.3 is 4.90 Å². The highest BCUT2D eigenvalue weighted by atomic mass is 79.9. The van der Waals surface area contributed by atoms with Crippen LogP contribution in [-0.2, 0) is 0 Å². The Hall–Kier alpha value is -1.04. The minimum Gasteiger partial charge on any atom is -0.325 e. The molecule has 1 aromatic rings. The van der Waals surface area contributed by atoms with Crippen molar-refractivity contribution in [2.24, 2.45) is 0 Å². The zero-order chi connectivity index (χ0) is 11.9. The lowest BCUT2D eigenvalue weighted by Crippen LogP contribution is -2.58. The summed E-state index contributed by atoms with van der Waals surface area (Å²) in [5.41, 5.74) is 0.910. The van der Waals surface area contributed by atoms with Crippen LogP contribution in [0, 0.1) is 6.92 Å². The van der Waals surface area contributed by atoms with E-state index >= 15 is 0 Å². The fourth-order valence-corrected chi connectivity index (χ4v) is 2.02. The number of pyridine rings is 1. The zero-order valence-corrected chi connectivity index (χ0v) is 10.1. The molecule has 2 heterocycles. The molecule has 0 unspecified atom stereocenters. The number of aryl methyl sites for hydroxylation is 1. The van der Waals surface area contributed by atoms with Gasteiger partial charge >= 0.3 is 0 Å². The molecule has 0 aromatic carbocycles. The van der Waals surface area contributed by atoms with E-state index in [0.717, 1.165) is 9.37 Å². The van der Waals surface area contributed by atoms with E-state index in [1.807, 2.05) is 0 Å². The highest BCUT2D eigenvalue weighted by Gasteiger charge is 2.46. The van der Waals surface area contributed by atoms with Gasteiger partial charge in [-0.3, -0.25) is 4.79 Å². The van der Waals surface area contributed by atoms with Crippen LogP contribution in [0.5, 0.6) is 0 Å². The molecule has 0 N–H and O–H groups in total. The van der Waals surface area contributed by atoms with Crippen molar-refractivity contribution in [3.63, 3.8) is 0 Å². The van der Waals surface area contributed by atoms with Crippen molar-refractivity contribution < 1.29 is 13.6 Å². The summed E-state index contributed by atoms with van der Waals surface area (Å²) in [7, 11) is 0. The molecule has 3 nitrogen and oxygen atoms in total. The maximum Gasteiger partial charge on any atom is 0.282 e. The normalized spacial score (nSPS) is 18.1. The van der Waals surface area contributed by atoms with Crippen molar-refractivity contribution in [1.29, 1.82) is 0 Å². The molecule has 0 aliphatic carbocycles. The summed E-state index contributed by atoms with van der Waals surface area (Å²) in [5, 5.41) is 0. The number of nitrogens with zero attached hydrogens (tertiary/aromatic N) is 2. The van der Waals surface area contributed by atoms with Gasteiger partial charge in [-0.15, -0.1) is 0 Å². The summed E-state index contributed by atoms with van der Waals surface area (Å²) in [6, 6.07) is 1.73. The second-order valence-electron chi connectivity index (χ2n) is 3.84. The molecule has 0 atom stereocenters. The molecule has 86 valence electrons. The van der Waals surface area contributed by atoms with Gasteiger partial charge in [0.25, 0.3) is 11.8 Å². The van der Waals surface area contributed by atoms with Crippen LogP contribution in [0.15, 0.2) is 16.7 Å². The second-order valence-corrected chi connectivity index (χ2v) is 4.75. The molecule has 1 aliphatic rings. The number of carbonyl (C=O) groups excluding carboxylic acids is 1. The Morgan fingerprint density at radius 3 is 2.69 bits per heavy atom. The van der Waals surface area contributed by atoms with Gasteiger partial charge in [0, 0.05) is 10.7 Å². The molecule has 6 heteroatoms. The summed E-state index contributed by atoms with van der Waals surface area (Å²) in [5.74, 6) is -3.17. The number of alkyl halides is 2. The number of carbonyl (C=O) groups is 1. The molecule has 0 bridgehead atoms. The Balaban J connectivity index is 2.16. The first-order valence-electron chi connectivity index (χ1n) is 4.68. The van der Waals surface area contributed by atoms with Gasteiger partial charge in [-0.1, -0.05) is 0 Å². The Morgan fingerprint density at radius 2 is 2.19 bits per heavy atom. The number of likely N-dealkylation sites (tertiary alicyclic amines) is 1. The summed E-state index contributed by atoms with van der Waals surface area (Å²) >= 11 is 3.22. The van der Waals surface area contributed by atoms with Crippen molar-refractivity contribution in [2.45, 2.75) is 12.8 Å². The number of rotatable bonds is 1. The molecule has 1 saturated heterocycles. The molecule has 2 rings (SSSR count). The molecular formula is C10H9BrF2N2O.